The highest BCUT2D eigenvalue weighted by molar-refractivity contribution is 5.85. The Morgan fingerprint density at radius 3 is 3.08 bits per heavy atom. The minimum absolute atomic E-state index is 0.411. The first kappa shape index (κ1) is 9.00. The van der Waals surface area contributed by atoms with Gasteiger partial charge in [-0.25, -0.2) is 0 Å². The summed E-state index contributed by atoms with van der Waals surface area (Å²) in [5, 5.41) is 4.43. The molecule has 2 fully saturated rings. The molecule has 3 nitrogen and oxygen atoms in total. The maximum absolute atomic E-state index is 5.57. The van der Waals surface area contributed by atoms with Crippen LogP contribution in [0.3, 0.4) is 0 Å². The van der Waals surface area contributed by atoms with E-state index in [-0.39, 0.29) is 0 Å². The lowest BCUT2D eigenvalue weighted by Gasteiger charge is -2.22. The van der Waals surface area contributed by atoms with Gasteiger partial charge in [0.2, 0.25) is 0 Å². The van der Waals surface area contributed by atoms with Crippen LogP contribution >= 0.6 is 0 Å². The smallest absolute Gasteiger partial charge is 0.0625 e. The molecule has 0 aromatic rings. The highest BCUT2D eigenvalue weighted by Gasteiger charge is 2.21. The summed E-state index contributed by atoms with van der Waals surface area (Å²) in [7, 11) is 0. The summed E-state index contributed by atoms with van der Waals surface area (Å²) >= 11 is 0. The third kappa shape index (κ3) is 2.69. The molecule has 0 spiro atoms. The zero-order valence-corrected chi connectivity index (χ0v) is 8.25. The lowest BCUT2D eigenvalue weighted by Crippen LogP contribution is -2.27. The van der Waals surface area contributed by atoms with Gasteiger partial charge in [0.25, 0.3) is 0 Å². The quantitative estimate of drug-likeness (QED) is 0.674. The zero-order chi connectivity index (χ0) is 9.10. The normalized spacial score (nSPS) is 32.1. The van der Waals surface area contributed by atoms with E-state index >= 15 is 0 Å². The Kier molecular flexibility index (Phi) is 2.83. The Morgan fingerprint density at radius 1 is 1.54 bits per heavy atom. The second kappa shape index (κ2) is 4.09. The van der Waals surface area contributed by atoms with Gasteiger partial charge in [0.1, 0.15) is 0 Å². The van der Waals surface area contributed by atoms with E-state index in [1.54, 1.807) is 0 Å². The van der Waals surface area contributed by atoms with Crippen molar-refractivity contribution in [3.63, 3.8) is 0 Å². The minimum Gasteiger partial charge on any atom is -0.377 e. The summed E-state index contributed by atoms with van der Waals surface area (Å²) in [6.45, 7) is 3.02. The number of nitrogens with one attached hydrogen (secondary N) is 1. The summed E-state index contributed by atoms with van der Waals surface area (Å²) in [6.07, 6.45) is 6.14. The summed E-state index contributed by atoms with van der Waals surface area (Å²) in [5.74, 6) is 0. The summed E-state index contributed by atoms with van der Waals surface area (Å²) in [5.41, 5.74) is 4.50. The van der Waals surface area contributed by atoms with Crippen LogP contribution < -0.4 is 5.43 Å². The molecule has 2 rings (SSSR count). The summed E-state index contributed by atoms with van der Waals surface area (Å²) < 4.78 is 5.57. The molecule has 1 heterocycles. The summed E-state index contributed by atoms with van der Waals surface area (Å²) in [6, 6.07) is 0.676. The fraction of sp³-hybridized carbons (Fsp3) is 0.900. The van der Waals surface area contributed by atoms with Crippen molar-refractivity contribution < 1.29 is 4.74 Å². The molecule has 1 unspecified atom stereocenters. The van der Waals surface area contributed by atoms with Crippen molar-refractivity contribution in [2.75, 3.05) is 6.61 Å². The van der Waals surface area contributed by atoms with Crippen LogP contribution in [0.1, 0.15) is 39.0 Å². The van der Waals surface area contributed by atoms with Crippen molar-refractivity contribution in [1.82, 2.24) is 5.43 Å². The molecule has 13 heavy (non-hydrogen) atoms. The zero-order valence-electron chi connectivity index (χ0n) is 8.25. The van der Waals surface area contributed by atoms with E-state index < -0.39 is 0 Å². The van der Waals surface area contributed by atoms with Crippen LogP contribution in [0.4, 0.5) is 0 Å². The van der Waals surface area contributed by atoms with E-state index in [0.29, 0.717) is 12.1 Å². The van der Waals surface area contributed by atoms with Crippen molar-refractivity contribution in [1.29, 1.82) is 0 Å². The maximum Gasteiger partial charge on any atom is 0.0625 e. The molecule has 0 aromatic heterocycles. The molecule has 2 aliphatic rings. The highest BCUT2D eigenvalue weighted by Crippen LogP contribution is 2.19. The van der Waals surface area contributed by atoms with Gasteiger partial charge >= 0.3 is 0 Å². The third-order valence-electron chi connectivity index (χ3n) is 2.65. The molecular formula is C10H18N2O. The first-order chi connectivity index (χ1) is 6.38. The van der Waals surface area contributed by atoms with Crippen LogP contribution in [0.5, 0.6) is 0 Å². The Labute approximate surface area is 79.5 Å². The molecule has 1 aliphatic heterocycles. The van der Waals surface area contributed by atoms with Gasteiger partial charge in [-0.15, -0.1) is 0 Å². The molecule has 1 N–H and O–H groups in total. The molecule has 0 amide bonds. The second-order valence-electron chi connectivity index (χ2n) is 3.94. The molecule has 3 heteroatoms. The van der Waals surface area contributed by atoms with Crippen molar-refractivity contribution in [3.05, 3.63) is 0 Å². The minimum atomic E-state index is 0.411. The highest BCUT2D eigenvalue weighted by atomic mass is 16.5. The fourth-order valence-electron chi connectivity index (χ4n) is 1.53. The maximum atomic E-state index is 5.57. The molecule has 0 radical (unpaired) electrons. The van der Waals surface area contributed by atoms with E-state index in [4.69, 9.17) is 4.74 Å². The Balaban J connectivity index is 1.79. The van der Waals surface area contributed by atoms with E-state index in [1.807, 2.05) is 0 Å². The SMILES string of the molecule is CCC1C/C(=N\NC2CC2)CCO1. The van der Waals surface area contributed by atoms with Crippen molar-refractivity contribution in [2.24, 2.45) is 5.10 Å². The molecule has 1 aliphatic carbocycles. The van der Waals surface area contributed by atoms with Gasteiger partial charge in [0.15, 0.2) is 0 Å². The van der Waals surface area contributed by atoms with Crippen molar-refractivity contribution in [3.8, 4) is 0 Å². The van der Waals surface area contributed by atoms with E-state index in [9.17, 15) is 0 Å². The van der Waals surface area contributed by atoms with E-state index in [0.717, 1.165) is 25.9 Å². The van der Waals surface area contributed by atoms with Gasteiger partial charge in [-0.05, 0) is 19.3 Å². The lowest BCUT2D eigenvalue weighted by atomic mass is 10.1. The van der Waals surface area contributed by atoms with Crippen LogP contribution in [0.2, 0.25) is 0 Å². The largest absolute Gasteiger partial charge is 0.377 e. The molecule has 1 saturated carbocycles. The van der Waals surface area contributed by atoms with Crippen molar-refractivity contribution >= 4 is 5.71 Å². The van der Waals surface area contributed by atoms with Gasteiger partial charge in [-0.2, -0.15) is 5.10 Å². The van der Waals surface area contributed by atoms with E-state index in [1.165, 1.54) is 18.6 Å². The van der Waals surface area contributed by atoms with Crippen LogP contribution in [-0.2, 0) is 4.74 Å². The second-order valence-corrected chi connectivity index (χ2v) is 3.94. The number of ether oxygens (including phenoxy) is 1. The van der Waals surface area contributed by atoms with Gasteiger partial charge in [-0.3, -0.25) is 0 Å². The average Bonchev–Trinajstić information content (AvgIpc) is 2.99. The Bertz CT molecular complexity index is 199. The van der Waals surface area contributed by atoms with Gasteiger partial charge < -0.3 is 10.2 Å². The van der Waals surface area contributed by atoms with Gasteiger partial charge in [-0.1, -0.05) is 6.92 Å². The van der Waals surface area contributed by atoms with Crippen LogP contribution in [0, 0.1) is 0 Å². The van der Waals surface area contributed by atoms with Gasteiger partial charge in [0.05, 0.1) is 12.7 Å². The molecular weight excluding hydrogens is 164 g/mol. The number of hydrogen-bond donors (Lipinski definition) is 1. The Morgan fingerprint density at radius 2 is 2.38 bits per heavy atom. The monoisotopic (exact) mass is 182 g/mol. The van der Waals surface area contributed by atoms with Gasteiger partial charge in [0, 0.05) is 24.6 Å². The lowest BCUT2D eigenvalue weighted by molar-refractivity contribution is 0.0477. The predicted octanol–water partition coefficient (Wildman–Crippen LogP) is 1.68. The molecule has 0 bridgehead atoms. The molecule has 1 saturated heterocycles. The number of hydrazone groups is 1. The average molecular weight is 182 g/mol. The standard InChI is InChI=1S/C10H18N2O/c1-2-10-7-9(5-6-13-10)12-11-8-3-4-8/h8,10-11H,2-7H2,1H3/b12-9-. The van der Waals surface area contributed by atoms with Crippen LogP contribution in [0.15, 0.2) is 5.10 Å². The number of hydrogen-bond acceptors (Lipinski definition) is 3. The Hall–Kier alpha value is -0.570. The first-order valence-corrected chi connectivity index (χ1v) is 5.31. The molecule has 74 valence electrons. The third-order valence-corrected chi connectivity index (χ3v) is 2.65. The fourth-order valence-corrected chi connectivity index (χ4v) is 1.53. The van der Waals surface area contributed by atoms with Crippen molar-refractivity contribution in [2.45, 2.75) is 51.2 Å². The van der Waals surface area contributed by atoms with E-state index in [2.05, 4.69) is 17.5 Å². The van der Waals surface area contributed by atoms with Crippen LogP contribution in [0.25, 0.3) is 0 Å². The number of rotatable bonds is 3. The van der Waals surface area contributed by atoms with Crippen LogP contribution in [-0.4, -0.2) is 24.5 Å². The predicted molar refractivity (Wildman–Crippen MR) is 52.9 cm³/mol. The summed E-state index contributed by atoms with van der Waals surface area (Å²) in [4.78, 5) is 0. The topological polar surface area (TPSA) is 33.6 Å². The molecule has 1 atom stereocenters. The number of nitrogens with zero attached hydrogens (tertiary/aromatic N) is 1. The first-order valence-electron chi connectivity index (χ1n) is 5.31. The molecule has 0 aromatic carbocycles.